The number of pyridine rings is 1. The summed E-state index contributed by atoms with van der Waals surface area (Å²) in [5.74, 6) is -0.145. The second-order valence-electron chi connectivity index (χ2n) is 7.22. The van der Waals surface area contributed by atoms with E-state index in [0.717, 1.165) is 0 Å². The van der Waals surface area contributed by atoms with Crippen LogP contribution in [0, 0.1) is 0 Å². The minimum Gasteiger partial charge on any atom is -0.497 e. The summed E-state index contributed by atoms with van der Waals surface area (Å²) in [5, 5.41) is 3.67. The zero-order chi connectivity index (χ0) is 23.4. The van der Waals surface area contributed by atoms with Crippen LogP contribution in [-0.2, 0) is 20.9 Å². The molecule has 0 bridgehead atoms. The Morgan fingerprint density at radius 3 is 2.12 bits per heavy atom. The first kappa shape index (κ1) is 21.9. The highest BCUT2D eigenvalue weighted by Crippen LogP contribution is 2.28. The molecule has 3 aromatic carbocycles. The van der Waals surface area contributed by atoms with Gasteiger partial charge in [-0.2, -0.15) is 0 Å². The molecule has 0 unspecified atom stereocenters. The van der Waals surface area contributed by atoms with Gasteiger partial charge in [-0.3, -0.25) is 14.4 Å². The van der Waals surface area contributed by atoms with Gasteiger partial charge in [-0.15, -0.1) is 0 Å². The maximum absolute atomic E-state index is 12.8. The molecule has 1 amide bonds. The van der Waals surface area contributed by atoms with Crippen molar-refractivity contribution in [3.8, 4) is 11.5 Å². The van der Waals surface area contributed by atoms with E-state index in [1.807, 2.05) is 0 Å². The van der Waals surface area contributed by atoms with Gasteiger partial charge in [0.25, 0.3) is 5.91 Å². The number of nitrogens with zero attached hydrogens (tertiary/aromatic N) is 1. The summed E-state index contributed by atoms with van der Waals surface area (Å²) in [6.07, 6.45) is 0. The Labute approximate surface area is 189 Å². The molecule has 0 aliphatic heterocycles. The Morgan fingerprint density at radius 2 is 1.52 bits per heavy atom. The number of anilines is 1. The van der Waals surface area contributed by atoms with Crippen LogP contribution >= 0.6 is 0 Å². The van der Waals surface area contributed by atoms with E-state index in [1.54, 1.807) is 71.3 Å². The highest BCUT2D eigenvalue weighted by atomic mass is 16.5. The van der Waals surface area contributed by atoms with Gasteiger partial charge in [0.1, 0.15) is 18.0 Å². The topological polar surface area (TPSA) is 95.9 Å². The van der Waals surface area contributed by atoms with Crippen molar-refractivity contribution in [2.45, 2.75) is 6.54 Å². The highest BCUT2D eigenvalue weighted by molar-refractivity contribution is 5.96. The zero-order valence-corrected chi connectivity index (χ0v) is 18.2. The van der Waals surface area contributed by atoms with Crippen LogP contribution in [0.4, 0.5) is 5.69 Å². The number of ether oxygens (including phenoxy) is 3. The molecule has 33 heavy (non-hydrogen) atoms. The summed E-state index contributed by atoms with van der Waals surface area (Å²) in [7, 11) is 3.00. The first-order valence-electron chi connectivity index (χ1n) is 10.2. The van der Waals surface area contributed by atoms with E-state index in [9.17, 15) is 14.4 Å². The van der Waals surface area contributed by atoms with Crippen molar-refractivity contribution in [1.82, 2.24) is 4.57 Å². The fourth-order valence-corrected chi connectivity index (χ4v) is 3.67. The molecule has 4 aromatic rings. The van der Waals surface area contributed by atoms with Gasteiger partial charge in [0.05, 0.1) is 30.9 Å². The Hall–Kier alpha value is -4.33. The molecule has 8 heteroatoms. The fraction of sp³-hybridized carbons (Fsp3) is 0.160. The second-order valence-corrected chi connectivity index (χ2v) is 7.22. The first-order chi connectivity index (χ1) is 16.0. The third-order valence-electron chi connectivity index (χ3n) is 5.21. The minimum atomic E-state index is -0.610. The Kier molecular flexibility index (Phi) is 6.26. The van der Waals surface area contributed by atoms with Gasteiger partial charge in [0, 0.05) is 16.8 Å². The Bertz CT molecular complexity index is 1350. The number of fused-ring (bicyclic) bond motifs is 2. The smallest absolute Gasteiger partial charge is 0.326 e. The first-order valence-corrected chi connectivity index (χ1v) is 10.2. The molecule has 1 N–H and O–H groups in total. The number of amides is 1. The van der Waals surface area contributed by atoms with E-state index < -0.39 is 18.5 Å². The number of nitrogens with one attached hydrogen (secondary N) is 1. The van der Waals surface area contributed by atoms with Crippen molar-refractivity contribution < 1.29 is 23.8 Å². The van der Waals surface area contributed by atoms with Crippen LogP contribution in [0.3, 0.4) is 0 Å². The predicted molar refractivity (Wildman–Crippen MR) is 125 cm³/mol. The number of aromatic nitrogens is 1. The quantitative estimate of drug-likeness (QED) is 0.346. The van der Waals surface area contributed by atoms with Crippen LogP contribution in [0.2, 0.25) is 0 Å². The molecule has 0 saturated carbocycles. The lowest BCUT2D eigenvalue weighted by Crippen LogP contribution is -2.24. The Morgan fingerprint density at radius 1 is 0.879 bits per heavy atom. The highest BCUT2D eigenvalue weighted by Gasteiger charge is 2.15. The average Bonchev–Trinajstić information content (AvgIpc) is 2.85. The monoisotopic (exact) mass is 446 g/mol. The van der Waals surface area contributed by atoms with Crippen molar-refractivity contribution in [3.63, 3.8) is 0 Å². The fourth-order valence-electron chi connectivity index (χ4n) is 3.67. The lowest BCUT2D eigenvalue weighted by Gasteiger charge is -2.15. The molecule has 0 saturated heterocycles. The standard InChI is InChI=1S/C25H22N2O6/c1-31-16-11-12-22(32-2)19(13-16)26-23(28)15-33-24(29)14-27-20-9-5-3-7-17(20)25(30)18-8-4-6-10-21(18)27/h3-13H,14-15H2,1-2H3,(H,26,28). The molecule has 0 atom stereocenters. The summed E-state index contributed by atoms with van der Waals surface area (Å²) in [5.41, 5.74) is 1.53. The lowest BCUT2D eigenvalue weighted by atomic mass is 10.1. The summed E-state index contributed by atoms with van der Waals surface area (Å²) < 4.78 is 17.3. The van der Waals surface area contributed by atoms with Crippen molar-refractivity contribution in [2.75, 3.05) is 26.1 Å². The number of para-hydroxylation sites is 2. The Balaban J connectivity index is 1.51. The van der Waals surface area contributed by atoms with Crippen LogP contribution in [0.5, 0.6) is 11.5 Å². The molecule has 0 radical (unpaired) electrons. The molecule has 1 aromatic heterocycles. The predicted octanol–water partition coefficient (Wildman–Crippen LogP) is 3.35. The number of carbonyl (C=O) groups excluding carboxylic acids is 2. The molecule has 1 heterocycles. The maximum atomic E-state index is 12.8. The SMILES string of the molecule is COc1ccc(OC)c(NC(=O)COC(=O)Cn2c3ccccc3c(=O)c3ccccc32)c1. The molecule has 0 aliphatic carbocycles. The summed E-state index contributed by atoms with van der Waals surface area (Å²) >= 11 is 0. The van der Waals surface area contributed by atoms with E-state index in [0.29, 0.717) is 39.0 Å². The summed E-state index contributed by atoms with van der Waals surface area (Å²) in [6.45, 7) is -0.633. The van der Waals surface area contributed by atoms with E-state index >= 15 is 0 Å². The van der Waals surface area contributed by atoms with Crippen molar-refractivity contribution >= 4 is 39.4 Å². The zero-order valence-electron chi connectivity index (χ0n) is 18.2. The minimum absolute atomic E-state index is 0.0996. The number of benzene rings is 3. The van der Waals surface area contributed by atoms with Gasteiger partial charge in [0.2, 0.25) is 0 Å². The number of hydrogen-bond acceptors (Lipinski definition) is 6. The van der Waals surface area contributed by atoms with Gasteiger partial charge in [-0.25, -0.2) is 0 Å². The van der Waals surface area contributed by atoms with E-state index in [4.69, 9.17) is 14.2 Å². The van der Waals surface area contributed by atoms with E-state index in [1.165, 1.54) is 14.2 Å². The molecule has 0 spiro atoms. The van der Waals surface area contributed by atoms with Gasteiger partial charge in [-0.05, 0) is 36.4 Å². The molecular weight excluding hydrogens is 424 g/mol. The van der Waals surface area contributed by atoms with Gasteiger partial charge in [0.15, 0.2) is 12.0 Å². The number of rotatable bonds is 7. The lowest BCUT2D eigenvalue weighted by molar-refractivity contribution is -0.147. The van der Waals surface area contributed by atoms with Crippen molar-refractivity contribution in [2.24, 2.45) is 0 Å². The maximum Gasteiger partial charge on any atom is 0.326 e. The summed E-state index contributed by atoms with van der Waals surface area (Å²) in [4.78, 5) is 37.8. The largest absolute Gasteiger partial charge is 0.497 e. The van der Waals surface area contributed by atoms with Gasteiger partial charge in [-0.1, -0.05) is 24.3 Å². The molecular formula is C25H22N2O6. The number of esters is 1. The van der Waals surface area contributed by atoms with Gasteiger partial charge >= 0.3 is 5.97 Å². The third-order valence-corrected chi connectivity index (χ3v) is 5.21. The number of carbonyl (C=O) groups is 2. The molecule has 0 aliphatic rings. The van der Waals surface area contributed by atoms with Crippen LogP contribution < -0.4 is 20.2 Å². The van der Waals surface area contributed by atoms with Crippen LogP contribution in [0.15, 0.2) is 71.5 Å². The van der Waals surface area contributed by atoms with E-state index in [-0.39, 0.29) is 12.0 Å². The summed E-state index contributed by atoms with van der Waals surface area (Å²) in [6, 6.07) is 19.1. The molecule has 168 valence electrons. The number of hydrogen-bond donors (Lipinski definition) is 1. The van der Waals surface area contributed by atoms with E-state index in [2.05, 4.69) is 5.32 Å². The normalized spacial score (nSPS) is 10.7. The van der Waals surface area contributed by atoms with Gasteiger partial charge < -0.3 is 24.1 Å². The molecule has 4 rings (SSSR count). The number of methoxy groups -OCH3 is 2. The second kappa shape index (κ2) is 9.44. The van der Waals surface area contributed by atoms with Crippen molar-refractivity contribution in [1.29, 1.82) is 0 Å². The van der Waals surface area contributed by atoms with Crippen LogP contribution in [0.25, 0.3) is 21.8 Å². The van der Waals surface area contributed by atoms with Crippen LogP contribution in [0.1, 0.15) is 0 Å². The third kappa shape index (κ3) is 4.50. The molecule has 0 fully saturated rings. The van der Waals surface area contributed by atoms with Crippen molar-refractivity contribution in [3.05, 3.63) is 77.0 Å². The molecule has 8 nitrogen and oxygen atoms in total. The average molecular weight is 446 g/mol. The van der Waals surface area contributed by atoms with Crippen LogP contribution in [-0.4, -0.2) is 37.3 Å².